The summed E-state index contributed by atoms with van der Waals surface area (Å²) in [5, 5.41) is 7.58. The van der Waals surface area contributed by atoms with Crippen molar-refractivity contribution in [2.75, 3.05) is 0 Å². The van der Waals surface area contributed by atoms with E-state index >= 15 is 0 Å². The molecule has 1 atom stereocenters. The van der Waals surface area contributed by atoms with E-state index in [0.717, 1.165) is 24.8 Å². The van der Waals surface area contributed by atoms with Crippen LogP contribution in [0.3, 0.4) is 0 Å². The van der Waals surface area contributed by atoms with E-state index in [1.165, 1.54) is 0 Å². The van der Waals surface area contributed by atoms with Crippen LogP contribution < -0.4 is 0 Å². The van der Waals surface area contributed by atoms with Crippen LogP contribution in [0.25, 0.3) is 0 Å². The number of carbonyl (C=O) groups excluding carboxylic acids is 1. The van der Waals surface area contributed by atoms with Gasteiger partial charge in [0.2, 0.25) is 0 Å². The first-order valence-corrected chi connectivity index (χ1v) is 4.58. The van der Waals surface area contributed by atoms with E-state index in [2.05, 4.69) is 6.92 Å². The van der Waals surface area contributed by atoms with Crippen LogP contribution in [0.5, 0.6) is 0 Å². The van der Waals surface area contributed by atoms with E-state index < -0.39 is 0 Å². The third kappa shape index (κ3) is 5.05. The number of rotatable bonds is 6. The zero-order valence-electron chi connectivity index (χ0n) is 8.26. The topological polar surface area (TPSA) is 40.9 Å². The lowest BCUT2D eigenvalue weighted by Gasteiger charge is -2.10. The van der Waals surface area contributed by atoms with Crippen LogP contribution >= 0.6 is 0 Å². The molecule has 2 heteroatoms. The fraction of sp³-hybridized carbons (Fsp3) is 0.800. The standard InChI is InChI=1S/C10H19NO/c1-8(2)10(11)5-4-9(3)6-7-12/h7-9,11H,4-6H2,1-3H3. The van der Waals surface area contributed by atoms with Crippen molar-refractivity contribution >= 4 is 12.0 Å². The highest BCUT2D eigenvalue weighted by molar-refractivity contribution is 5.83. The highest BCUT2D eigenvalue weighted by atomic mass is 16.1. The van der Waals surface area contributed by atoms with E-state index in [4.69, 9.17) is 5.41 Å². The number of hydrogen-bond acceptors (Lipinski definition) is 2. The maximum atomic E-state index is 10.1. The molecule has 0 spiro atoms. The fourth-order valence-electron chi connectivity index (χ4n) is 0.973. The molecule has 1 unspecified atom stereocenters. The van der Waals surface area contributed by atoms with Gasteiger partial charge in [0, 0.05) is 12.1 Å². The Labute approximate surface area is 74.9 Å². The lowest BCUT2D eigenvalue weighted by molar-refractivity contribution is -0.108. The van der Waals surface area contributed by atoms with Gasteiger partial charge in [-0.3, -0.25) is 0 Å². The van der Waals surface area contributed by atoms with Crippen LogP contribution in [0.1, 0.15) is 40.0 Å². The minimum absolute atomic E-state index is 0.355. The van der Waals surface area contributed by atoms with E-state index in [0.29, 0.717) is 18.3 Å². The molecule has 0 aliphatic rings. The molecule has 0 bridgehead atoms. The summed E-state index contributed by atoms with van der Waals surface area (Å²) in [6.45, 7) is 6.13. The highest BCUT2D eigenvalue weighted by Gasteiger charge is 2.06. The van der Waals surface area contributed by atoms with Gasteiger partial charge in [0.15, 0.2) is 0 Å². The van der Waals surface area contributed by atoms with Gasteiger partial charge in [0.1, 0.15) is 6.29 Å². The number of hydrogen-bond donors (Lipinski definition) is 1. The number of nitrogens with one attached hydrogen (secondary N) is 1. The van der Waals surface area contributed by atoms with Crippen molar-refractivity contribution in [3.8, 4) is 0 Å². The second-order valence-corrected chi connectivity index (χ2v) is 3.73. The van der Waals surface area contributed by atoms with Gasteiger partial charge in [0.25, 0.3) is 0 Å². The van der Waals surface area contributed by atoms with Crippen LogP contribution in [0.2, 0.25) is 0 Å². The van der Waals surface area contributed by atoms with Crippen LogP contribution in [-0.4, -0.2) is 12.0 Å². The highest BCUT2D eigenvalue weighted by Crippen LogP contribution is 2.11. The Balaban J connectivity index is 3.53. The van der Waals surface area contributed by atoms with Crippen LogP contribution in [0, 0.1) is 17.2 Å². The quantitative estimate of drug-likeness (QED) is 0.482. The molecule has 0 fully saturated rings. The van der Waals surface area contributed by atoms with Gasteiger partial charge >= 0.3 is 0 Å². The van der Waals surface area contributed by atoms with Gasteiger partial charge in [-0.15, -0.1) is 0 Å². The summed E-state index contributed by atoms with van der Waals surface area (Å²) in [5.74, 6) is 0.787. The molecular weight excluding hydrogens is 150 g/mol. The Morgan fingerprint density at radius 2 is 2.00 bits per heavy atom. The molecule has 0 aromatic rings. The molecule has 0 rings (SSSR count). The number of carbonyl (C=O) groups is 1. The fourth-order valence-corrected chi connectivity index (χ4v) is 0.973. The van der Waals surface area contributed by atoms with Gasteiger partial charge < -0.3 is 10.2 Å². The molecule has 0 aromatic carbocycles. The van der Waals surface area contributed by atoms with Crippen molar-refractivity contribution < 1.29 is 4.79 Å². The minimum Gasteiger partial charge on any atom is -0.309 e. The van der Waals surface area contributed by atoms with Crippen molar-refractivity contribution in [2.45, 2.75) is 40.0 Å². The van der Waals surface area contributed by atoms with E-state index in [9.17, 15) is 4.79 Å². The minimum atomic E-state index is 0.355. The maximum absolute atomic E-state index is 10.1. The molecule has 0 radical (unpaired) electrons. The van der Waals surface area contributed by atoms with Crippen molar-refractivity contribution in [1.82, 2.24) is 0 Å². The summed E-state index contributed by atoms with van der Waals surface area (Å²) in [4.78, 5) is 10.1. The molecule has 0 aromatic heterocycles. The van der Waals surface area contributed by atoms with E-state index in [-0.39, 0.29) is 0 Å². The van der Waals surface area contributed by atoms with Crippen molar-refractivity contribution in [3.63, 3.8) is 0 Å². The summed E-state index contributed by atoms with van der Waals surface area (Å²) in [5.41, 5.74) is 0.799. The van der Waals surface area contributed by atoms with Crippen LogP contribution in [0.15, 0.2) is 0 Å². The molecule has 2 nitrogen and oxygen atoms in total. The van der Waals surface area contributed by atoms with Gasteiger partial charge in [-0.05, 0) is 24.7 Å². The van der Waals surface area contributed by atoms with E-state index in [1.54, 1.807) is 0 Å². The van der Waals surface area contributed by atoms with Gasteiger partial charge in [-0.2, -0.15) is 0 Å². The van der Waals surface area contributed by atoms with Crippen molar-refractivity contribution in [1.29, 1.82) is 5.41 Å². The third-order valence-corrected chi connectivity index (χ3v) is 2.10. The predicted molar refractivity (Wildman–Crippen MR) is 51.6 cm³/mol. The smallest absolute Gasteiger partial charge is 0.120 e. The Bertz CT molecular complexity index is 152. The largest absolute Gasteiger partial charge is 0.309 e. The van der Waals surface area contributed by atoms with Gasteiger partial charge in [0.05, 0.1) is 0 Å². The van der Waals surface area contributed by atoms with Gasteiger partial charge in [-0.25, -0.2) is 0 Å². The van der Waals surface area contributed by atoms with Crippen LogP contribution in [-0.2, 0) is 4.79 Å². The Kier molecular flexibility index (Phi) is 5.60. The maximum Gasteiger partial charge on any atom is 0.120 e. The summed E-state index contributed by atoms with van der Waals surface area (Å²) in [6.07, 6.45) is 3.40. The lowest BCUT2D eigenvalue weighted by atomic mass is 9.96. The molecular formula is C10H19NO. The lowest BCUT2D eigenvalue weighted by Crippen LogP contribution is -2.08. The van der Waals surface area contributed by atoms with Crippen LogP contribution in [0.4, 0.5) is 0 Å². The Morgan fingerprint density at radius 3 is 2.42 bits per heavy atom. The first-order chi connectivity index (χ1) is 5.57. The van der Waals surface area contributed by atoms with Crippen molar-refractivity contribution in [2.24, 2.45) is 11.8 Å². The molecule has 0 heterocycles. The second kappa shape index (κ2) is 5.92. The summed E-state index contributed by atoms with van der Waals surface area (Å²) < 4.78 is 0. The average molecular weight is 169 g/mol. The predicted octanol–water partition coefficient (Wildman–Crippen LogP) is 2.67. The molecule has 0 aliphatic heterocycles. The Morgan fingerprint density at radius 1 is 1.42 bits per heavy atom. The molecule has 1 N–H and O–H groups in total. The summed E-state index contributed by atoms with van der Waals surface area (Å²) in [7, 11) is 0. The normalized spacial score (nSPS) is 13.0. The molecule has 0 amide bonds. The molecule has 0 saturated carbocycles. The molecule has 70 valence electrons. The average Bonchev–Trinajstić information content (AvgIpc) is 2.00. The molecule has 12 heavy (non-hydrogen) atoms. The first-order valence-electron chi connectivity index (χ1n) is 4.58. The monoisotopic (exact) mass is 169 g/mol. The summed E-state index contributed by atoms with van der Waals surface area (Å²) >= 11 is 0. The first kappa shape index (κ1) is 11.3. The molecule has 0 aliphatic carbocycles. The zero-order chi connectivity index (χ0) is 9.56. The SMILES string of the molecule is CC(CC=O)CCC(=N)C(C)C. The Hall–Kier alpha value is -0.660. The van der Waals surface area contributed by atoms with Crippen molar-refractivity contribution in [3.05, 3.63) is 0 Å². The summed E-state index contributed by atoms with van der Waals surface area (Å²) in [6, 6.07) is 0. The van der Waals surface area contributed by atoms with E-state index in [1.807, 2.05) is 13.8 Å². The number of aldehydes is 1. The zero-order valence-corrected chi connectivity index (χ0v) is 8.26. The second-order valence-electron chi connectivity index (χ2n) is 3.73. The third-order valence-electron chi connectivity index (χ3n) is 2.10. The molecule has 0 saturated heterocycles. The van der Waals surface area contributed by atoms with Gasteiger partial charge in [-0.1, -0.05) is 20.8 Å².